The summed E-state index contributed by atoms with van der Waals surface area (Å²) in [7, 11) is 4.13. The average Bonchev–Trinajstić information content (AvgIpc) is 3.17. The highest BCUT2D eigenvalue weighted by Crippen LogP contribution is 2.31. The van der Waals surface area contributed by atoms with E-state index in [0.29, 0.717) is 17.1 Å². The van der Waals surface area contributed by atoms with Crippen LogP contribution in [0.3, 0.4) is 0 Å². The number of aromatic amines is 1. The zero-order valence-corrected chi connectivity index (χ0v) is 18.1. The predicted octanol–water partition coefficient (Wildman–Crippen LogP) is 4.86. The number of rotatable bonds is 8. The van der Waals surface area contributed by atoms with Crippen LogP contribution in [0.1, 0.15) is 23.7 Å². The molecule has 4 rings (SSSR count). The fourth-order valence-electron chi connectivity index (χ4n) is 3.69. The summed E-state index contributed by atoms with van der Waals surface area (Å²) in [6.45, 7) is 3.38. The molecule has 0 bridgehead atoms. The van der Waals surface area contributed by atoms with Crippen molar-refractivity contribution in [3.63, 3.8) is 0 Å². The third kappa shape index (κ3) is 4.64. The molecular formula is C25H27N5O. The number of aromatic nitrogens is 3. The molecule has 0 aliphatic rings. The lowest BCUT2D eigenvalue weighted by Gasteiger charge is -2.12. The molecule has 158 valence electrons. The van der Waals surface area contributed by atoms with Crippen LogP contribution in [0.25, 0.3) is 33.7 Å². The maximum atomic E-state index is 12.5. The van der Waals surface area contributed by atoms with Gasteiger partial charge in [-0.1, -0.05) is 48.5 Å². The largest absolute Gasteiger partial charge is 0.370 e. The van der Waals surface area contributed by atoms with E-state index in [9.17, 15) is 4.79 Å². The average molecular weight is 414 g/mol. The van der Waals surface area contributed by atoms with Crippen LogP contribution in [0.5, 0.6) is 0 Å². The van der Waals surface area contributed by atoms with Crippen molar-refractivity contribution in [2.24, 2.45) is 0 Å². The Balaban J connectivity index is 1.80. The standard InChI is InChI=1S/C25H27N5O/c1-17(31)23-19-12-7-8-13-20(19)27-24(23)25-28-21(18-10-5-4-6-11-18)16-22(29-25)26-14-9-15-30(2)3/h4-8,10-13,16,27H,9,14-15H2,1-3H3,(H,26,28,29). The molecule has 2 aromatic carbocycles. The lowest BCUT2D eigenvalue weighted by molar-refractivity contribution is 0.102. The maximum absolute atomic E-state index is 12.5. The Hall–Kier alpha value is -3.51. The first-order valence-electron chi connectivity index (χ1n) is 10.5. The van der Waals surface area contributed by atoms with E-state index < -0.39 is 0 Å². The first-order chi connectivity index (χ1) is 15.0. The molecule has 0 aliphatic carbocycles. The minimum Gasteiger partial charge on any atom is -0.370 e. The lowest BCUT2D eigenvalue weighted by atomic mass is 10.1. The van der Waals surface area contributed by atoms with Crippen LogP contribution < -0.4 is 5.32 Å². The predicted molar refractivity (Wildman–Crippen MR) is 126 cm³/mol. The minimum absolute atomic E-state index is 0.0124. The highest BCUT2D eigenvalue weighted by molar-refractivity contribution is 6.11. The summed E-state index contributed by atoms with van der Waals surface area (Å²) >= 11 is 0. The number of fused-ring (bicyclic) bond motifs is 1. The van der Waals surface area contributed by atoms with E-state index in [1.165, 1.54) is 0 Å². The molecule has 4 aromatic rings. The van der Waals surface area contributed by atoms with Crippen LogP contribution >= 0.6 is 0 Å². The topological polar surface area (TPSA) is 73.9 Å². The fraction of sp³-hybridized carbons (Fsp3) is 0.240. The number of ketones is 1. The number of hydrogen-bond acceptors (Lipinski definition) is 5. The van der Waals surface area contributed by atoms with Gasteiger partial charge in [0, 0.05) is 29.1 Å². The van der Waals surface area contributed by atoms with Crippen LogP contribution in [0.15, 0.2) is 60.7 Å². The van der Waals surface area contributed by atoms with Crippen LogP contribution in [0.4, 0.5) is 5.82 Å². The number of H-pyrrole nitrogens is 1. The van der Waals surface area contributed by atoms with Gasteiger partial charge in [0.2, 0.25) is 0 Å². The molecule has 0 amide bonds. The van der Waals surface area contributed by atoms with Crippen molar-refractivity contribution in [3.05, 3.63) is 66.2 Å². The van der Waals surface area contributed by atoms with Crippen LogP contribution in [0.2, 0.25) is 0 Å². The molecule has 0 unspecified atom stereocenters. The van der Waals surface area contributed by atoms with Gasteiger partial charge >= 0.3 is 0 Å². The van der Waals surface area contributed by atoms with Gasteiger partial charge in [-0.15, -0.1) is 0 Å². The number of Topliss-reactive ketones (excluding diaryl/α,β-unsaturated/α-hetero) is 1. The summed E-state index contributed by atoms with van der Waals surface area (Å²) in [5.41, 5.74) is 4.00. The zero-order chi connectivity index (χ0) is 21.8. The van der Waals surface area contributed by atoms with E-state index in [0.717, 1.165) is 47.5 Å². The van der Waals surface area contributed by atoms with Gasteiger partial charge in [-0.2, -0.15) is 0 Å². The quantitative estimate of drug-likeness (QED) is 0.319. The second-order valence-electron chi connectivity index (χ2n) is 7.89. The molecule has 0 spiro atoms. The molecule has 6 heteroatoms. The second-order valence-corrected chi connectivity index (χ2v) is 7.89. The smallest absolute Gasteiger partial charge is 0.179 e. The van der Waals surface area contributed by atoms with Gasteiger partial charge in [-0.05, 0) is 40.1 Å². The van der Waals surface area contributed by atoms with Gasteiger partial charge in [0.1, 0.15) is 5.82 Å². The molecule has 2 aromatic heterocycles. The van der Waals surface area contributed by atoms with Gasteiger partial charge in [-0.25, -0.2) is 9.97 Å². The Kier molecular flexibility index (Phi) is 6.09. The first kappa shape index (κ1) is 20.8. The Bertz CT molecular complexity index is 1200. The first-order valence-corrected chi connectivity index (χ1v) is 10.5. The number of carbonyl (C=O) groups excluding carboxylic acids is 1. The van der Waals surface area contributed by atoms with Gasteiger partial charge in [0.25, 0.3) is 0 Å². The summed E-state index contributed by atoms with van der Waals surface area (Å²) in [4.78, 5) is 27.7. The third-order valence-electron chi connectivity index (χ3n) is 5.17. The van der Waals surface area contributed by atoms with E-state index in [1.54, 1.807) is 6.92 Å². The number of benzene rings is 2. The number of hydrogen-bond donors (Lipinski definition) is 2. The minimum atomic E-state index is -0.0124. The number of carbonyl (C=O) groups is 1. The van der Waals surface area contributed by atoms with Crippen molar-refractivity contribution in [1.29, 1.82) is 0 Å². The van der Waals surface area contributed by atoms with Crippen LogP contribution in [-0.4, -0.2) is 52.8 Å². The molecular weight excluding hydrogens is 386 g/mol. The number of anilines is 1. The van der Waals surface area contributed by atoms with E-state index in [2.05, 4.69) is 29.3 Å². The molecule has 0 fully saturated rings. The van der Waals surface area contributed by atoms with Gasteiger partial charge < -0.3 is 15.2 Å². The van der Waals surface area contributed by atoms with E-state index in [1.807, 2.05) is 60.7 Å². The van der Waals surface area contributed by atoms with Crippen molar-refractivity contribution in [1.82, 2.24) is 19.9 Å². The molecule has 0 atom stereocenters. The lowest BCUT2D eigenvalue weighted by Crippen LogP contribution is -2.16. The summed E-state index contributed by atoms with van der Waals surface area (Å²) in [6, 6.07) is 19.8. The van der Waals surface area contributed by atoms with Crippen molar-refractivity contribution in [2.75, 3.05) is 32.5 Å². The van der Waals surface area contributed by atoms with E-state index in [4.69, 9.17) is 9.97 Å². The van der Waals surface area contributed by atoms with Crippen LogP contribution in [0, 0.1) is 0 Å². The molecule has 0 saturated heterocycles. The zero-order valence-electron chi connectivity index (χ0n) is 18.1. The molecule has 0 saturated carbocycles. The summed E-state index contributed by atoms with van der Waals surface area (Å²) < 4.78 is 0. The molecule has 2 heterocycles. The number of para-hydroxylation sites is 1. The Labute approximate surface area is 182 Å². The van der Waals surface area contributed by atoms with Crippen LogP contribution in [-0.2, 0) is 0 Å². The molecule has 0 aliphatic heterocycles. The second kappa shape index (κ2) is 9.10. The Morgan fingerprint density at radius 3 is 2.52 bits per heavy atom. The number of nitrogens with one attached hydrogen (secondary N) is 2. The summed E-state index contributed by atoms with van der Waals surface area (Å²) in [5, 5.41) is 4.31. The highest BCUT2D eigenvalue weighted by atomic mass is 16.1. The van der Waals surface area contributed by atoms with Crippen molar-refractivity contribution < 1.29 is 4.79 Å². The molecule has 2 N–H and O–H groups in total. The van der Waals surface area contributed by atoms with Crippen molar-refractivity contribution in [2.45, 2.75) is 13.3 Å². The molecule has 6 nitrogen and oxygen atoms in total. The Morgan fingerprint density at radius 2 is 1.77 bits per heavy atom. The van der Waals surface area contributed by atoms with E-state index >= 15 is 0 Å². The maximum Gasteiger partial charge on any atom is 0.179 e. The SMILES string of the molecule is CC(=O)c1c(-c2nc(NCCCN(C)C)cc(-c3ccccc3)n2)[nH]c2ccccc12. The van der Waals surface area contributed by atoms with Gasteiger partial charge in [0.05, 0.1) is 17.0 Å². The van der Waals surface area contributed by atoms with E-state index in [-0.39, 0.29) is 5.78 Å². The van der Waals surface area contributed by atoms with Crippen molar-refractivity contribution >= 4 is 22.5 Å². The highest BCUT2D eigenvalue weighted by Gasteiger charge is 2.20. The van der Waals surface area contributed by atoms with Gasteiger partial charge in [0.15, 0.2) is 11.6 Å². The third-order valence-corrected chi connectivity index (χ3v) is 5.17. The monoisotopic (exact) mass is 413 g/mol. The van der Waals surface area contributed by atoms with Gasteiger partial charge in [-0.3, -0.25) is 4.79 Å². The summed E-state index contributed by atoms with van der Waals surface area (Å²) in [6.07, 6.45) is 0.998. The number of nitrogens with zero attached hydrogens (tertiary/aromatic N) is 3. The Morgan fingerprint density at radius 1 is 1.03 bits per heavy atom. The molecule has 0 radical (unpaired) electrons. The summed E-state index contributed by atoms with van der Waals surface area (Å²) in [5.74, 6) is 1.25. The normalized spacial score (nSPS) is 11.2. The fourth-order valence-corrected chi connectivity index (χ4v) is 3.69. The van der Waals surface area contributed by atoms with Crippen molar-refractivity contribution in [3.8, 4) is 22.8 Å². The molecule has 31 heavy (non-hydrogen) atoms.